The van der Waals surface area contributed by atoms with Crippen molar-refractivity contribution in [2.45, 2.75) is 12.1 Å². The highest BCUT2D eigenvalue weighted by molar-refractivity contribution is 7.80. The van der Waals surface area contributed by atoms with Crippen LogP contribution in [-0.2, 0) is 9.53 Å². The smallest absolute Gasteiger partial charge is 0.338 e. The molecule has 0 radical (unpaired) electrons. The van der Waals surface area contributed by atoms with Crippen LogP contribution in [-0.4, -0.2) is 40.5 Å². The first-order valence-corrected chi connectivity index (χ1v) is 12.1. The number of thiocarbonyl (C=S) groups is 1. The largest absolute Gasteiger partial charge is 0.465 e. The number of rotatable bonds is 7. The maximum atomic E-state index is 13.0. The number of methoxy groups -OCH3 is 1. The number of carbonyl (C=O) groups excluding carboxylic acids is 2. The van der Waals surface area contributed by atoms with Crippen LogP contribution in [0.1, 0.15) is 33.9 Å². The van der Waals surface area contributed by atoms with Gasteiger partial charge in [-0.1, -0.05) is 42.5 Å². The summed E-state index contributed by atoms with van der Waals surface area (Å²) < 4.78 is 11.2. The fourth-order valence-electron chi connectivity index (χ4n) is 4.40. The zero-order valence-electron chi connectivity index (χ0n) is 20.0. The molecule has 2 aromatic heterocycles. The number of nitrogens with one attached hydrogen (secondary N) is 2. The van der Waals surface area contributed by atoms with E-state index in [-0.39, 0.29) is 18.5 Å². The second-order valence-corrected chi connectivity index (χ2v) is 8.79. The molecule has 0 saturated carbocycles. The normalized spacial score (nSPS) is 16.8. The number of esters is 1. The summed E-state index contributed by atoms with van der Waals surface area (Å²) in [4.78, 5) is 31.6. The van der Waals surface area contributed by atoms with Gasteiger partial charge in [0.1, 0.15) is 24.1 Å². The maximum absolute atomic E-state index is 13.0. The molecule has 0 unspecified atom stereocenters. The van der Waals surface area contributed by atoms with Gasteiger partial charge in [-0.05, 0) is 54.7 Å². The zero-order chi connectivity index (χ0) is 25.8. The first kappa shape index (κ1) is 24.2. The van der Waals surface area contributed by atoms with Crippen LogP contribution in [0.15, 0.2) is 95.5 Å². The fraction of sp³-hybridized carbons (Fsp3) is 0.143. The van der Waals surface area contributed by atoms with Gasteiger partial charge in [0.05, 0.1) is 24.4 Å². The first-order valence-electron chi connectivity index (χ1n) is 11.7. The molecule has 9 heteroatoms. The lowest BCUT2D eigenvalue weighted by Crippen LogP contribution is -2.36. The van der Waals surface area contributed by atoms with Crippen LogP contribution in [0.5, 0.6) is 0 Å². The summed E-state index contributed by atoms with van der Waals surface area (Å²) in [6.45, 7) is 0.00348. The van der Waals surface area contributed by atoms with Gasteiger partial charge in [-0.3, -0.25) is 9.78 Å². The predicted octanol–water partition coefficient (Wildman–Crippen LogP) is 4.74. The Hall–Kier alpha value is -4.50. The number of para-hydroxylation sites is 1. The molecule has 5 rings (SSSR count). The van der Waals surface area contributed by atoms with E-state index in [1.807, 2.05) is 60.7 Å². The van der Waals surface area contributed by atoms with E-state index < -0.39 is 12.0 Å². The van der Waals surface area contributed by atoms with E-state index in [0.717, 1.165) is 5.69 Å². The summed E-state index contributed by atoms with van der Waals surface area (Å²) in [6.07, 6.45) is 1.71. The van der Waals surface area contributed by atoms with Crippen LogP contribution in [0.4, 0.5) is 5.69 Å². The van der Waals surface area contributed by atoms with Gasteiger partial charge >= 0.3 is 5.97 Å². The van der Waals surface area contributed by atoms with Crippen molar-refractivity contribution in [3.8, 4) is 11.3 Å². The summed E-state index contributed by atoms with van der Waals surface area (Å²) in [5, 5.41) is 6.63. The molecule has 1 fully saturated rings. The van der Waals surface area contributed by atoms with Gasteiger partial charge in [-0.15, -0.1) is 0 Å². The van der Waals surface area contributed by atoms with Crippen LogP contribution in [0, 0.1) is 0 Å². The molecule has 2 N–H and O–H groups in total. The summed E-state index contributed by atoms with van der Waals surface area (Å²) in [5.41, 5.74) is 2.46. The van der Waals surface area contributed by atoms with Crippen molar-refractivity contribution in [3.63, 3.8) is 0 Å². The Balaban J connectivity index is 1.49. The van der Waals surface area contributed by atoms with Crippen molar-refractivity contribution in [1.82, 2.24) is 15.2 Å². The zero-order valence-corrected chi connectivity index (χ0v) is 20.8. The lowest BCUT2D eigenvalue weighted by atomic mass is 10.0. The number of aromatic nitrogens is 1. The molecule has 1 amide bonds. The molecule has 3 heterocycles. The Morgan fingerprint density at radius 3 is 2.54 bits per heavy atom. The molecule has 0 spiro atoms. The first-order chi connectivity index (χ1) is 18.0. The Morgan fingerprint density at radius 1 is 1.03 bits per heavy atom. The van der Waals surface area contributed by atoms with Crippen molar-refractivity contribution in [2.24, 2.45) is 0 Å². The fourth-order valence-corrected chi connectivity index (χ4v) is 4.71. The average Bonchev–Trinajstić information content (AvgIpc) is 3.54. The predicted molar refractivity (Wildman–Crippen MR) is 143 cm³/mol. The van der Waals surface area contributed by atoms with Gasteiger partial charge in [0.25, 0.3) is 0 Å². The number of ether oxygens (including phenoxy) is 1. The van der Waals surface area contributed by atoms with Gasteiger partial charge in [-0.25, -0.2) is 4.79 Å². The van der Waals surface area contributed by atoms with Crippen LogP contribution in [0.25, 0.3) is 11.3 Å². The average molecular weight is 513 g/mol. The summed E-state index contributed by atoms with van der Waals surface area (Å²) in [6, 6.07) is 24.8. The Morgan fingerprint density at radius 2 is 1.78 bits per heavy atom. The number of amides is 1. The third-order valence-corrected chi connectivity index (χ3v) is 6.44. The van der Waals surface area contributed by atoms with E-state index in [1.54, 1.807) is 35.4 Å². The molecular formula is C28H24N4O4S. The second-order valence-electron chi connectivity index (χ2n) is 8.41. The van der Waals surface area contributed by atoms with Crippen molar-refractivity contribution in [2.75, 3.05) is 19.0 Å². The highest BCUT2D eigenvalue weighted by atomic mass is 32.1. The molecule has 4 aromatic rings. The second kappa shape index (κ2) is 10.6. The number of hydrogen-bond acceptors (Lipinski definition) is 6. The quantitative estimate of drug-likeness (QED) is 0.271. The SMILES string of the molecule is COC(=O)c1ccccc1-c1ccc([C@@H]2[C@H](c3ccccn3)NC(=S)N2CC(=O)Nc2ccccc2)o1. The molecule has 0 bridgehead atoms. The molecule has 2 atom stereocenters. The summed E-state index contributed by atoms with van der Waals surface area (Å²) in [7, 11) is 1.34. The van der Waals surface area contributed by atoms with E-state index in [2.05, 4.69) is 15.6 Å². The molecule has 0 aliphatic carbocycles. The topological polar surface area (TPSA) is 96.7 Å². The Kier molecular flexibility index (Phi) is 6.96. The molecule has 1 saturated heterocycles. The minimum Gasteiger partial charge on any atom is -0.465 e. The summed E-state index contributed by atoms with van der Waals surface area (Å²) in [5.74, 6) is 0.403. The van der Waals surface area contributed by atoms with E-state index in [1.165, 1.54) is 7.11 Å². The lowest BCUT2D eigenvalue weighted by Gasteiger charge is -2.25. The third-order valence-electron chi connectivity index (χ3n) is 6.09. The highest BCUT2D eigenvalue weighted by Gasteiger charge is 2.42. The van der Waals surface area contributed by atoms with Gasteiger partial charge in [0, 0.05) is 17.4 Å². The van der Waals surface area contributed by atoms with Gasteiger partial charge in [0.15, 0.2) is 5.11 Å². The minimum absolute atomic E-state index is 0.00348. The van der Waals surface area contributed by atoms with Gasteiger partial charge in [0.2, 0.25) is 5.91 Å². The molecule has 8 nitrogen and oxygen atoms in total. The monoisotopic (exact) mass is 512 g/mol. The minimum atomic E-state index is -0.456. The molecule has 186 valence electrons. The number of carbonyl (C=O) groups is 2. The van der Waals surface area contributed by atoms with E-state index in [0.29, 0.717) is 33.4 Å². The number of nitrogens with zero attached hydrogens (tertiary/aromatic N) is 2. The molecular weight excluding hydrogens is 488 g/mol. The number of hydrogen-bond donors (Lipinski definition) is 2. The third kappa shape index (κ3) is 5.07. The van der Waals surface area contributed by atoms with Crippen LogP contribution in [0.3, 0.4) is 0 Å². The molecule has 1 aliphatic rings. The summed E-state index contributed by atoms with van der Waals surface area (Å²) >= 11 is 5.65. The highest BCUT2D eigenvalue weighted by Crippen LogP contribution is 2.40. The standard InChI is InChI=1S/C28H24N4O4S/c1-35-27(34)20-12-6-5-11-19(20)22-14-15-23(36-22)26-25(21-13-7-8-16-29-21)31-28(37)32(26)17-24(33)30-18-9-3-2-4-10-18/h2-16,25-26H,17H2,1H3,(H,30,33)(H,31,37)/t25-,26+/m0/s1. The van der Waals surface area contributed by atoms with E-state index in [9.17, 15) is 9.59 Å². The van der Waals surface area contributed by atoms with Crippen LogP contribution < -0.4 is 10.6 Å². The number of furan rings is 1. The van der Waals surface area contributed by atoms with E-state index >= 15 is 0 Å². The van der Waals surface area contributed by atoms with Crippen molar-refractivity contribution < 1.29 is 18.7 Å². The van der Waals surface area contributed by atoms with E-state index in [4.69, 9.17) is 21.4 Å². The van der Waals surface area contributed by atoms with Crippen molar-refractivity contribution in [1.29, 1.82) is 0 Å². The maximum Gasteiger partial charge on any atom is 0.338 e. The molecule has 37 heavy (non-hydrogen) atoms. The van der Waals surface area contributed by atoms with Crippen LogP contribution in [0.2, 0.25) is 0 Å². The number of pyridine rings is 1. The Bertz CT molecular complexity index is 1420. The van der Waals surface area contributed by atoms with Gasteiger partial charge in [-0.2, -0.15) is 0 Å². The lowest BCUT2D eigenvalue weighted by molar-refractivity contribution is -0.116. The van der Waals surface area contributed by atoms with Gasteiger partial charge < -0.3 is 24.7 Å². The Labute approximate surface area is 219 Å². The number of anilines is 1. The number of benzene rings is 2. The van der Waals surface area contributed by atoms with Crippen LogP contribution >= 0.6 is 12.2 Å². The molecule has 1 aliphatic heterocycles. The molecule has 2 aromatic carbocycles. The van der Waals surface area contributed by atoms with Crippen molar-refractivity contribution >= 4 is 34.9 Å². The van der Waals surface area contributed by atoms with Crippen molar-refractivity contribution in [3.05, 3.63) is 108 Å².